The number of carbonyl (C=O) groups is 2. The number of carboxylic acid groups (broad SMARTS) is 1. The van der Waals surface area contributed by atoms with Crippen molar-refractivity contribution in [2.75, 3.05) is 13.2 Å². The van der Waals surface area contributed by atoms with Gasteiger partial charge in [0, 0.05) is 18.6 Å². The summed E-state index contributed by atoms with van der Waals surface area (Å²) in [7, 11) is 0. The lowest BCUT2D eigenvalue weighted by molar-refractivity contribution is -0.144. The number of carbonyl (C=O) groups excluding carboxylic acids is 1. The van der Waals surface area contributed by atoms with Crippen molar-refractivity contribution in [3.8, 4) is 0 Å². The normalized spacial score (nSPS) is 22.0. The number of fused-ring (bicyclic) bond motifs is 1. The molecule has 0 bridgehead atoms. The van der Waals surface area contributed by atoms with Gasteiger partial charge in [0.25, 0.3) is 5.91 Å². The molecule has 7 heteroatoms. The van der Waals surface area contributed by atoms with Crippen LogP contribution in [0.3, 0.4) is 0 Å². The van der Waals surface area contributed by atoms with Crippen LogP contribution < -0.4 is 5.32 Å². The Hall–Kier alpha value is -2.41. The summed E-state index contributed by atoms with van der Waals surface area (Å²) in [6, 6.07) is 4.96. The molecule has 2 heterocycles. The molecular formula is C13H13N3O4. The fraction of sp³-hybridized carbons (Fsp3) is 0.308. The topological polar surface area (TPSA) is 104 Å². The van der Waals surface area contributed by atoms with E-state index in [1.165, 1.54) is 6.33 Å². The fourth-order valence-electron chi connectivity index (χ4n) is 2.25. The van der Waals surface area contributed by atoms with Gasteiger partial charge < -0.3 is 20.1 Å². The van der Waals surface area contributed by atoms with E-state index in [2.05, 4.69) is 15.3 Å². The average Bonchev–Trinajstić information content (AvgIpc) is 3.06. The van der Waals surface area contributed by atoms with Crippen molar-refractivity contribution in [2.45, 2.75) is 12.0 Å². The zero-order valence-electron chi connectivity index (χ0n) is 10.5. The van der Waals surface area contributed by atoms with Crippen LogP contribution in [0, 0.1) is 0 Å². The minimum absolute atomic E-state index is 0.0135. The summed E-state index contributed by atoms with van der Waals surface area (Å²) in [6.07, 6.45) is 1.80. The Balaban J connectivity index is 1.86. The number of rotatable bonds is 3. The predicted molar refractivity (Wildman–Crippen MR) is 69.4 cm³/mol. The highest BCUT2D eigenvalue weighted by Gasteiger charge is 2.44. The van der Waals surface area contributed by atoms with E-state index in [9.17, 15) is 14.7 Å². The second-order valence-electron chi connectivity index (χ2n) is 4.78. The van der Waals surface area contributed by atoms with Crippen LogP contribution in [0.25, 0.3) is 11.0 Å². The minimum Gasteiger partial charge on any atom is -0.479 e. The van der Waals surface area contributed by atoms with Crippen LogP contribution in [0.1, 0.15) is 16.8 Å². The number of hydrogen-bond acceptors (Lipinski definition) is 4. The Morgan fingerprint density at radius 1 is 1.45 bits per heavy atom. The maximum atomic E-state index is 12.2. The molecule has 0 spiro atoms. The first kappa shape index (κ1) is 12.6. The smallest absolute Gasteiger partial charge is 0.331 e. The van der Waals surface area contributed by atoms with Gasteiger partial charge in [0.2, 0.25) is 0 Å². The molecule has 1 aromatic heterocycles. The van der Waals surface area contributed by atoms with E-state index < -0.39 is 17.4 Å². The number of nitrogens with one attached hydrogen (secondary N) is 2. The second kappa shape index (κ2) is 4.61. The first-order valence-corrected chi connectivity index (χ1v) is 6.17. The van der Waals surface area contributed by atoms with E-state index in [-0.39, 0.29) is 13.0 Å². The van der Waals surface area contributed by atoms with E-state index in [4.69, 9.17) is 4.74 Å². The molecule has 2 aromatic rings. The number of benzene rings is 1. The number of aromatic nitrogens is 2. The number of aliphatic carboxylic acids is 1. The van der Waals surface area contributed by atoms with Gasteiger partial charge in [-0.2, -0.15) is 0 Å². The monoisotopic (exact) mass is 275 g/mol. The Labute approximate surface area is 114 Å². The van der Waals surface area contributed by atoms with E-state index in [1.807, 2.05) is 0 Å². The van der Waals surface area contributed by atoms with E-state index in [0.29, 0.717) is 12.2 Å². The molecular weight excluding hydrogens is 262 g/mol. The number of nitrogens with zero attached hydrogens (tertiary/aromatic N) is 1. The highest BCUT2D eigenvalue weighted by Crippen LogP contribution is 2.20. The predicted octanol–water partition coefficient (Wildman–Crippen LogP) is 0.536. The Morgan fingerprint density at radius 2 is 2.30 bits per heavy atom. The maximum Gasteiger partial charge on any atom is 0.331 e. The van der Waals surface area contributed by atoms with Crippen molar-refractivity contribution in [1.29, 1.82) is 0 Å². The van der Waals surface area contributed by atoms with Gasteiger partial charge in [-0.25, -0.2) is 9.78 Å². The summed E-state index contributed by atoms with van der Waals surface area (Å²) < 4.78 is 5.10. The largest absolute Gasteiger partial charge is 0.479 e. The lowest BCUT2D eigenvalue weighted by atomic mass is 9.98. The van der Waals surface area contributed by atoms with Crippen LogP contribution >= 0.6 is 0 Å². The average molecular weight is 275 g/mol. The summed E-state index contributed by atoms with van der Waals surface area (Å²) in [5, 5.41) is 11.9. The molecule has 104 valence electrons. The molecule has 1 unspecified atom stereocenters. The summed E-state index contributed by atoms with van der Waals surface area (Å²) in [5.74, 6) is -1.51. The molecule has 1 fully saturated rings. The summed E-state index contributed by atoms with van der Waals surface area (Å²) in [5.41, 5.74) is 0.526. The van der Waals surface area contributed by atoms with Crippen LogP contribution in [0.15, 0.2) is 24.5 Å². The van der Waals surface area contributed by atoms with Crippen LogP contribution in [0.5, 0.6) is 0 Å². The molecule has 0 saturated carbocycles. The number of aromatic amines is 1. The molecule has 1 saturated heterocycles. The standard InChI is InChI=1S/C13H13N3O4/c17-11(16-13(12(18)19)3-4-20-6-13)8-1-2-9-10(5-8)15-7-14-9/h1-2,5,7H,3-4,6H2,(H,14,15)(H,16,17)(H,18,19). The quantitative estimate of drug-likeness (QED) is 0.758. The van der Waals surface area contributed by atoms with Crippen LogP contribution in [0.2, 0.25) is 0 Å². The summed E-state index contributed by atoms with van der Waals surface area (Å²) in [6.45, 7) is 0.312. The van der Waals surface area contributed by atoms with E-state index in [1.54, 1.807) is 18.2 Å². The van der Waals surface area contributed by atoms with E-state index >= 15 is 0 Å². The summed E-state index contributed by atoms with van der Waals surface area (Å²) in [4.78, 5) is 30.5. The number of amides is 1. The first-order chi connectivity index (χ1) is 9.61. The number of hydrogen-bond donors (Lipinski definition) is 3. The third kappa shape index (κ3) is 2.01. The van der Waals surface area contributed by atoms with Crippen molar-refractivity contribution in [3.05, 3.63) is 30.1 Å². The van der Waals surface area contributed by atoms with Gasteiger partial charge in [0.05, 0.1) is 24.0 Å². The van der Waals surface area contributed by atoms with Crippen LogP contribution in [-0.4, -0.2) is 45.7 Å². The number of H-pyrrole nitrogens is 1. The van der Waals surface area contributed by atoms with Gasteiger partial charge in [-0.15, -0.1) is 0 Å². The number of carboxylic acids is 1. The third-order valence-electron chi connectivity index (χ3n) is 3.47. The van der Waals surface area contributed by atoms with Gasteiger partial charge in [-0.05, 0) is 18.2 Å². The van der Waals surface area contributed by atoms with Crippen molar-refractivity contribution in [2.24, 2.45) is 0 Å². The van der Waals surface area contributed by atoms with Crippen LogP contribution in [-0.2, 0) is 9.53 Å². The number of ether oxygens (including phenoxy) is 1. The minimum atomic E-state index is -1.33. The molecule has 0 radical (unpaired) electrons. The van der Waals surface area contributed by atoms with Gasteiger partial charge in [-0.3, -0.25) is 4.79 Å². The Bertz CT molecular complexity index is 673. The highest BCUT2D eigenvalue weighted by atomic mass is 16.5. The molecule has 1 aromatic carbocycles. The Morgan fingerprint density at radius 3 is 3.00 bits per heavy atom. The van der Waals surface area contributed by atoms with Crippen molar-refractivity contribution in [1.82, 2.24) is 15.3 Å². The van der Waals surface area contributed by atoms with Gasteiger partial charge in [-0.1, -0.05) is 0 Å². The number of imidazole rings is 1. The fourth-order valence-corrected chi connectivity index (χ4v) is 2.25. The molecule has 1 aliphatic heterocycles. The molecule has 1 atom stereocenters. The van der Waals surface area contributed by atoms with Gasteiger partial charge in [0.15, 0.2) is 5.54 Å². The van der Waals surface area contributed by atoms with Crippen LogP contribution in [0.4, 0.5) is 0 Å². The van der Waals surface area contributed by atoms with Crippen molar-refractivity contribution < 1.29 is 19.4 Å². The Kier molecular flexibility index (Phi) is 2.90. The summed E-state index contributed by atoms with van der Waals surface area (Å²) >= 11 is 0. The molecule has 3 rings (SSSR count). The van der Waals surface area contributed by atoms with Crippen molar-refractivity contribution in [3.63, 3.8) is 0 Å². The molecule has 7 nitrogen and oxygen atoms in total. The van der Waals surface area contributed by atoms with E-state index in [0.717, 1.165) is 11.0 Å². The SMILES string of the molecule is O=C(NC1(C(=O)O)CCOC1)c1ccc2nc[nH]c2c1. The molecule has 0 aliphatic carbocycles. The third-order valence-corrected chi connectivity index (χ3v) is 3.47. The second-order valence-corrected chi connectivity index (χ2v) is 4.78. The lowest BCUT2D eigenvalue weighted by Crippen LogP contribution is -2.55. The molecule has 1 aliphatic rings. The molecule has 20 heavy (non-hydrogen) atoms. The lowest BCUT2D eigenvalue weighted by Gasteiger charge is -2.23. The first-order valence-electron chi connectivity index (χ1n) is 6.17. The van der Waals surface area contributed by atoms with Gasteiger partial charge in [0.1, 0.15) is 0 Å². The zero-order valence-corrected chi connectivity index (χ0v) is 10.5. The maximum absolute atomic E-state index is 12.2. The molecule has 3 N–H and O–H groups in total. The highest BCUT2D eigenvalue weighted by molar-refractivity contribution is 6.00. The molecule has 1 amide bonds. The van der Waals surface area contributed by atoms with Crippen molar-refractivity contribution >= 4 is 22.9 Å². The zero-order chi connectivity index (χ0) is 14.2. The van der Waals surface area contributed by atoms with Gasteiger partial charge >= 0.3 is 5.97 Å².